The number of hydrogen-bond acceptors (Lipinski definition) is 4. The van der Waals surface area contributed by atoms with Gasteiger partial charge in [0.25, 0.3) is 5.91 Å². The van der Waals surface area contributed by atoms with Crippen LogP contribution in [-0.4, -0.2) is 41.9 Å². The van der Waals surface area contributed by atoms with Crippen LogP contribution in [0.25, 0.3) is 0 Å². The monoisotopic (exact) mass is 436 g/mol. The molecule has 0 bridgehead atoms. The van der Waals surface area contributed by atoms with Crippen LogP contribution in [0.2, 0.25) is 0 Å². The predicted octanol–water partition coefficient (Wildman–Crippen LogP) is 4.12. The number of piperazine rings is 1. The number of hydrogen-bond donors (Lipinski definition) is 1. The molecule has 1 amide bonds. The number of rotatable bonds is 7. The van der Waals surface area contributed by atoms with Gasteiger partial charge >= 0.3 is 0 Å². The molecular formula is C28H28N4O. The molecule has 166 valence electrons. The minimum absolute atomic E-state index is 0.128. The van der Waals surface area contributed by atoms with E-state index in [4.69, 9.17) is 0 Å². The number of benzene rings is 3. The second kappa shape index (κ2) is 11.1. The van der Waals surface area contributed by atoms with E-state index in [9.17, 15) is 10.1 Å². The van der Waals surface area contributed by atoms with Crippen molar-refractivity contribution >= 4 is 5.91 Å². The molecule has 0 radical (unpaired) electrons. The van der Waals surface area contributed by atoms with E-state index in [-0.39, 0.29) is 17.5 Å². The molecule has 0 spiro atoms. The van der Waals surface area contributed by atoms with Gasteiger partial charge in [-0.05, 0) is 16.7 Å². The summed E-state index contributed by atoms with van der Waals surface area (Å²) < 4.78 is 0. The van der Waals surface area contributed by atoms with Crippen LogP contribution in [0.15, 0.2) is 103 Å². The minimum Gasteiger partial charge on any atom is -0.374 e. The maximum atomic E-state index is 13.1. The molecule has 0 atom stereocenters. The first-order valence-corrected chi connectivity index (χ1v) is 11.3. The predicted molar refractivity (Wildman–Crippen MR) is 130 cm³/mol. The quantitative estimate of drug-likeness (QED) is 0.447. The Labute approximate surface area is 195 Å². The zero-order valence-electron chi connectivity index (χ0n) is 18.6. The molecule has 0 unspecified atom stereocenters. The SMILES string of the molecule is N#C/C(=C/N1CCN(Cc2ccccc2)CC1)C(=O)NC(c1ccccc1)c1ccccc1. The maximum absolute atomic E-state index is 13.1. The Morgan fingerprint density at radius 2 is 1.36 bits per heavy atom. The van der Waals surface area contributed by atoms with Gasteiger partial charge in [-0.1, -0.05) is 91.0 Å². The Hall–Kier alpha value is -3.88. The summed E-state index contributed by atoms with van der Waals surface area (Å²) in [6.07, 6.45) is 1.71. The summed E-state index contributed by atoms with van der Waals surface area (Å²) in [5, 5.41) is 12.8. The molecule has 1 saturated heterocycles. The summed E-state index contributed by atoms with van der Waals surface area (Å²) in [7, 11) is 0. The lowest BCUT2D eigenvalue weighted by molar-refractivity contribution is -0.117. The molecule has 1 heterocycles. The van der Waals surface area contributed by atoms with Crippen LogP contribution in [0, 0.1) is 11.3 Å². The van der Waals surface area contributed by atoms with Crippen molar-refractivity contribution in [3.63, 3.8) is 0 Å². The summed E-state index contributed by atoms with van der Waals surface area (Å²) in [6, 6.07) is 31.9. The molecular weight excluding hydrogens is 408 g/mol. The molecule has 3 aromatic rings. The Morgan fingerprint density at radius 3 is 1.88 bits per heavy atom. The van der Waals surface area contributed by atoms with Crippen molar-refractivity contribution in [2.45, 2.75) is 12.6 Å². The molecule has 0 aliphatic carbocycles. The summed E-state index contributed by atoms with van der Waals surface area (Å²) in [6.45, 7) is 4.27. The molecule has 0 aromatic heterocycles. The zero-order chi connectivity index (χ0) is 22.9. The minimum atomic E-state index is -0.359. The lowest BCUT2D eigenvalue weighted by atomic mass is 9.98. The van der Waals surface area contributed by atoms with Gasteiger partial charge in [0.15, 0.2) is 0 Å². The fourth-order valence-corrected chi connectivity index (χ4v) is 4.07. The van der Waals surface area contributed by atoms with Crippen LogP contribution < -0.4 is 5.32 Å². The third-order valence-corrected chi connectivity index (χ3v) is 5.87. The van der Waals surface area contributed by atoms with E-state index >= 15 is 0 Å². The van der Waals surface area contributed by atoms with Crippen LogP contribution in [0.1, 0.15) is 22.7 Å². The van der Waals surface area contributed by atoms with Crippen LogP contribution in [0.4, 0.5) is 0 Å². The molecule has 4 rings (SSSR count). The van der Waals surface area contributed by atoms with Gasteiger partial charge in [0.1, 0.15) is 11.6 Å². The number of nitrogens with one attached hydrogen (secondary N) is 1. The van der Waals surface area contributed by atoms with Crippen molar-refractivity contribution in [3.8, 4) is 6.07 Å². The average molecular weight is 437 g/mol. The number of amides is 1. The number of carbonyl (C=O) groups is 1. The Kier molecular flexibility index (Phi) is 7.52. The molecule has 3 aromatic carbocycles. The first kappa shape index (κ1) is 22.3. The lowest BCUT2D eigenvalue weighted by Gasteiger charge is -2.34. The van der Waals surface area contributed by atoms with Gasteiger partial charge in [0, 0.05) is 38.9 Å². The van der Waals surface area contributed by atoms with Crippen LogP contribution in [-0.2, 0) is 11.3 Å². The van der Waals surface area contributed by atoms with E-state index in [0.29, 0.717) is 0 Å². The first-order chi connectivity index (χ1) is 16.2. The van der Waals surface area contributed by atoms with Gasteiger partial charge in [0.2, 0.25) is 0 Å². The summed E-state index contributed by atoms with van der Waals surface area (Å²) in [5.41, 5.74) is 3.38. The van der Waals surface area contributed by atoms with Crippen molar-refractivity contribution in [2.75, 3.05) is 26.2 Å². The van der Waals surface area contributed by atoms with Gasteiger partial charge < -0.3 is 10.2 Å². The van der Waals surface area contributed by atoms with Crippen LogP contribution in [0.3, 0.4) is 0 Å². The number of nitrogens with zero attached hydrogens (tertiary/aromatic N) is 3. The van der Waals surface area contributed by atoms with E-state index in [1.165, 1.54) is 5.56 Å². The highest BCUT2D eigenvalue weighted by Gasteiger charge is 2.21. The molecule has 5 heteroatoms. The molecule has 0 saturated carbocycles. The Bertz CT molecular complexity index is 1060. The van der Waals surface area contributed by atoms with Crippen molar-refractivity contribution in [1.82, 2.24) is 15.1 Å². The fourth-order valence-electron chi connectivity index (χ4n) is 4.07. The summed E-state index contributed by atoms with van der Waals surface area (Å²) >= 11 is 0. The van der Waals surface area contributed by atoms with Crippen LogP contribution in [0.5, 0.6) is 0 Å². The third-order valence-electron chi connectivity index (χ3n) is 5.87. The molecule has 1 aliphatic heterocycles. The molecule has 33 heavy (non-hydrogen) atoms. The molecule has 1 N–H and O–H groups in total. The topological polar surface area (TPSA) is 59.4 Å². The Morgan fingerprint density at radius 1 is 0.848 bits per heavy atom. The largest absolute Gasteiger partial charge is 0.374 e. The lowest BCUT2D eigenvalue weighted by Crippen LogP contribution is -2.44. The van der Waals surface area contributed by atoms with Crippen molar-refractivity contribution < 1.29 is 4.79 Å². The summed E-state index contributed by atoms with van der Waals surface area (Å²) in [5.74, 6) is -0.359. The van der Waals surface area contributed by atoms with Crippen molar-refractivity contribution in [1.29, 1.82) is 5.26 Å². The van der Waals surface area contributed by atoms with E-state index in [0.717, 1.165) is 43.9 Å². The van der Waals surface area contributed by atoms with E-state index in [2.05, 4.69) is 45.5 Å². The van der Waals surface area contributed by atoms with E-state index < -0.39 is 0 Å². The highest BCUT2D eigenvalue weighted by atomic mass is 16.1. The number of carbonyl (C=O) groups excluding carboxylic acids is 1. The van der Waals surface area contributed by atoms with Gasteiger partial charge in [-0.2, -0.15) is 5.26 Å². The normalized spacial score (nSPS) is 14.7. The van der Waals surface area contributed by atoms with Crippen molar-refractivity contribution in [3.05, 3.63) is 119 Å². The highest BCUT2D eigenvalue weighted by molar-refractivity contribution is 5.97. The molecule has 1 fully saturated rings. The average Bonchev–Trinajstić information content (AvgIpc) is 2.88. The van der Waals surface area contributed by atoms with Crippen molar-refractivity contribution in [2.24, 2.45) is 0 Å². The number of nitriles is 1. The van der Waals surface area contributed by atoms with E-state index in [1.54, 1.807) is 6.20 Å². The van der Waals surface area contributed by atoms with Crippen LogP contribution >= 0.6 is 0 Å². The van der Waals surface area contributed by atoms with Gasteiger partial charge in [0.05, 0.1) is 6.04 Å². The van der Waals surface area contributed by atoms with Gasteiger partial charge in [-0.25, -0.2) is 0 Å². The Balaban J connectivity index is 1.41. The fraction of sp³-hybridized carbons (Fsp3) is 0.214. The zero-order valence-corrected chi connectivity index (χ0v) is 18.6. The second-order valence-electron chi connectivity index (χ2n) is 8.18. The summed E-state index contributed by atoms with van der Waals surface area (Å²) in [4.78, 5) is 17.5. The van der Waals surface area contributed by atoms with E-state index in [1.807, 2.05) is 66.7 Å². The van der Waals surface area contributed by atoms with Gasteiger partial charge in [-0.3, -0.25) is 9.69 Å². The third kappa shape index (κ3) is 6.09. The molecule has 1 aliphatic rings. The smallest absolute Gasteiger partial charge is 0.264 e. The maximum Gasteiger partial charge on any atom is 0.264 e. The molecule has 5 nitrogen and oxygen atoms in total. The highest BCUT2D eigenvalue weighted by Crippen LogP contribution is 2.22. The van der Waals surface area contributed by atoms with Gasteiger partial charge in [-0.15, -0.1) is 0 Å². The second-order valence-corrected chi connectivity index (χ2v) is 8.18. The first-order valence-electron chi connectivity index (χ1n) is 11.3. The standard InChI is InChI=1S/C28H28N4O/c29-20-26(22-32-18-16-31(17-19-32)21-23-10-4-1-5-11-23)28(33)30-27(24-12-6-2-7-13-24)25-14-8-3-9-15-25/h1-15,22,27H,16-19,21H2,(H,30,33)/b26-22-.